The molecule has 1 saturated carbocycles. The van der Waals surface area contributed by atoms with Crippen molar-refractivity contribution < 1.29 is 9.50 Å². The summed E-state index contributed by atoms with van der Waals surface area (Å²) in [5.41, 5.74) is 1.84. The summed E-state index contributed by atoms with van der Waals surface area (Å²) in [7, 11) is 1.71. The predicted molar refractivity (Wildman–Crippen MR) is 114 cm³/mol. The van der Waals surface area contributed by atoms with Gasteiger partial charge < -0.3 is 15.7 Å². The van der Waals surface area contributed by atoms with Crippen LogP contribution < -0.4 is 10.6 Å². The van der Waals surface area contributed by atoms with Gasteiger partial charge in [0.1, 0.15) is 5.82 Å². The standard InChI is InChI=1S/C20H24FN3O.HI/c1-22-20(23-12-15(13-25)14-7-3-2-4-8-14)24-19-11-17(19)16-9-5-6-10-18(16)21;/h2-10,15,17,19,25H,11-13H2,1H3,(H2,22,23,24);1H. The first-order valence-corrected chi connectivity index (χ1v) is 8.60. The number of aliphatic hydroxyl groups is 1. The van der Waals surface area contributed by atoms with E-state index in [2.05, 4.69) is 15.6 Å². The molecule has 3 rings (SSSR count). The largest absolute Gasteiger partial charge is 0.396 e. The van der Waals surface area contributed by atoms with E-state index in [1.165, 1.54) is 6.07 Å². The van der Waals surface area contributed by atoms with Crippen LogP contribution in [0.1, 0.15) is 29.4 Å². The number of halogens is 2. The Morgan fingerprint density at radius 2 is 1.88 bits per heavy atom. The maximum absolute atomic E-state index is 13.9. The highest BCUT2D eigenvalue weighted by Gasteiger charge is 2.40. The molecule has 140 valence electrons. The number of nitrogens with zero attached hydrogens (tertiary/aromatic N) is 1. The van der Waals surface area contributed by atoms with Crippen molar-refractivity contribution >= 4 is 29.9 Å². The second-order valence-corrected chi connectivity index (χ2v) is 6.36. The van der Waals surface area contributed by atoms with E-state index in [0.717, 1.165) is 17.5 Å². The average Bonchev–Trinajstić information content (AvgIpc) is 3.41. The minimum Gasteiger partial charge on any atom is -0.396 e. The molecule has 6 heteroatoms. The molecule has 2 aromatic rings. The van der Waals surface area contributed by atoms with E-state index in [1.807, 2.05) is 42.5 Å². The highest BCUT2D eigenvalue weighted by atomic mass is 127. The lowest BCUT2D eigenvalue weighted by Gasteiger charge is -2.18. The molecule has 3 atom stereocenters. The van der Waals surface area contributed by atoms with Gasteiger partial charge in [0.05, 0.1) is 6.61 Å². The molecule has 0 aliphatic heterocycles. The van der Waals surface area contributed by atoms with Crippen molar-refractivity contribution in [3.63, 3.8) is 0 Å². The predicted octanol–water partition coefficient (Wildman–Crippen LogP) is 3.24. The van der Waals surface area contributed by atoms with Crippen LogP contribution in [0.25, 0.3) is 0 Å². The van der Waals surface area contributed by atoms with Gasteiger partial charge in [0.25, 0.3) is 0 Å². The Labute approximate surface area is 171 Å². The van der Waals surface area contributed by atoms with Gasteiger partial charge in [0, 0.05) is 31.5 Å². The third kappa shape index (κ3) is 5.17. The molecular formula is C20H25FIN3O. The topological polar surface area (TPSA) is 56.7 Å². The molecule has 0 amide bonds. The third-order valence-corrected chi connectivity index (χ3v) is 4.65. The van der Waals surface area contributed by atoms with E-state index < -0.39 is 0 Å². The second-order valence-electron chi connectivity index (χ2n) is 6.36. The molecule has 3 unspecified atom stereocenters. The summed E-state index contributed by atoms with van der Waals surface area (Å²) in [4.78, 5) is 4.24. The van der Waals surface area contributed by atoms with Crippen molar-refractivity contribution in [2.24, 2.45) is 4.99 Å². The molecule has 0 aromatic heterocycles. The summed E-state index contributed by atoms with van der Waals surface area (Å²) < 4.78 is 13.9. The Bertz CT molecular complexity index is 726. The van der Waals surface area contributed by atoms with E-state index >= 15 is 0 Å². The van der Waals surface area contributed by atoms with Crippen molar-refractivity contribution in [2.75, 3.05) is 20.2 Å². The van der Waals surface area contributed by atoms with Gasteiger partial charge in [-0.2, -0.15) is 0 Å². The molecular weight excluding hydrogens is 444 g/mol. The Hall–Kier alpha value is -1.67. The molecule has 0 bridgehead atoms. The van der Waals surface area contributed by atoms with Crippen LogP contribution in [0.2, 0.25) is 0 Å². The Kier molecular flexibility index (Phi) is 7.84. The van der Waals surface area contributed by atoms with Crippen LogP contribution >= 0.6 is 24.0 Å². The highest BCUT2D eigenvalue weighted by molar-refractivity contribution is 14.0. The van der Waals surface area contributed by atoms with Gasteiger partial charge >= 0.3 is 0 Å². The van der Waals surface area contributed by atoms with E-state index in [0.29, 0.717) is 12.5 Å². The van der Waals surface area contributed by atoms with Crippen LogP contribution in [0, 0.1) is 5.82 Å². The fourth-order valence-corrected chi connectivity index (χ4v) is 3.08. The number of nitrogens with one attached hydrogen (secondary N) is 2. The maximum atomic E-state index is 13.9. The van der Waals surface area contributed by atoms with E-state index in [4.69, 9.17) is 0 Å². The minimum absolute atomic E-state index is 0. The molecule has 26 heavy (non-hydrogen) atoms. The van der Waals surface area contributed by atoms with Gasteiger partial charge in [-0.1, -0.05) is 48.5 Å². The van der Waals surface area contributed by atoms with Gasteiger partial charge in [-0.3, -0.25) is 4.99 Å². The molecule has 1 aliphatic rings. The minimum atomic E-state index is -0.149. The lowest BCUT2D eigenvalue weighted by Crippen LogP contribution is -2.41. The fraction of sp³-hybridized carbons (Fsp3) is 0.350. The van der Waals surface area contributed by atoms with Gasteiger partial charge in [-0.05, 0) is 23.6 Å². The van der Waals surface area contributed by atoms with Gasteiger partial charge in [-0.25, -0.2) is 4.39 Å². The maximum Gasteiger partial charge on any atom is 0.191 e. The van der Waals surface area contributed by atoms with Gasteiger partial charge in [0.2, 0.25) is 0 Å². The molecule has 3 N–H and O–H groups in total. The van der Waals surface area contributed by atoms with Crippen molar-refractivity contribution in [3.05, 3.63) is 71.5 Å². The van der Waals surface area contributed by atoms with Crippen LogP contribution in [0.15, 0.2) is 59.6 Å². The fourth-order valence-electron chi connectivity index (χ4n) is 3.08. The Morgan fingerprint density at radius 1 is 1.19 bits per heavy atom. The van der Waals surface area contributed by atoms with Crippen molar-refractivity contribution in [3.8, 4) is 0 Å². The monoisotopic (exact) mass is 469 g/mol. The number of aliphatic imine (C=N–C) groups is 1. The van der Waals surface area contributed by atoms with Crippen LogP contribution in [0.3, 0.4) is 0 Å². The zero-order valence-corrected chi connectivity index (χ0v) is 17.1. The number of rotatable bonds is 6. The molecule has 4 nitrogen and oxygen atoms in total. The molecule has 0 radical (unpaired) electrons. The zero-order chi connectivity index (χ0) is 17.6. The van der Waals surface area contributed by atoms with E-state index in [1.54, 1.807) is 13.1 Å². The Morgan fingerprint density at radius 3 is 2.54 bits per heavy atom. The summed E-state index contributed by atoms with van der Waals surface area (Å²) in [6.07, 6.45) is 0.893. The SMILES string of the molecule is CN=C(NCC(CO)c1ccccc1)NC1CC1c1ccccc1F.I. The van der Waals surface area contributed by atoms with Crippen LogP contribution in [-0.2, 0) is 0 Å². The second kappa shape index (κ2) is 9.87. The average molecular weight is 469 g/mol. The number of hydrogen-bond donors (Lipinski definition) is 3. The third-order valence-electron chi connectivity index (χ3n) is 4.65. The normalized spacial score (nSPS) is 20.0. The van der Waals surface area contributed by atoms with E-state index in [9.17, 15) is 9.50 Å². The molecule has 0 heterocycles. The highest BCUT2D eigenvalue weighted by Crippen LogP contribution is 2.41. The van der Waals surface area contributed by atoms with Crippen LogP contribution in [0.5, 0.6) is 0 Å². The number of benzene rings is 2. The molecule has 1 fully saturated rings. The van der Waals surface area contributed by atoms with Crippen molar-refractivity contribution in [1.82, 2.24) is 10.6 Å². The lowest BCUT2D eigenvalue weighted by atomic mass is 10.0. The van der Waals surface area contributed by atoms with Crippen molar-refractivity contribution in [1.29, 1.82) is 0 Å². The van der Waals surface area contributed by atoms with Gasteiger partial charge in [0.15, 0.2) is 5.96 Å². The quantitative estimate of drug-likeness (QED) is 0.346. The summed E-state index contributed by atoms with van der Waals surface area (Å²) in [5.74, 6) is 0.714. The number of guanidine groups is 1. The number of aliphatic hydroxyl groups excluding tert-OH is 1. The molecule has 0 spiro atoms. The summed E-state index contributed by atoms with van der Waals surface area (Å²) in [6.45, 7) is 0.645. The van der Waals surface area contributed by atoms with Crippen molar-refractivity contribution in [2.45, 2.75) is 24.3 Å². The summed E-state index contributed by atoms with van der Waals surface area (Å²) >= 11 is 0. The summed E-state index contributed by atoms with van der Waals surface area (Å²) in [6, 6.07) is 17.0. The molecule has 2 aromatic carbocycles. The number of hydrogen-bond acceptors (Lipinski definition) is 2. The molecule has 1 aliphatic carbocycles. The molecule has 0 saturated heterocycles. The van der Waals surface area contributed by atoms with E-state index in [-0.39, 0.29) is 54.3 Å². The zero-order valence-electron chi connectivity index (χ0n) is 14.7. The first kappa shape index (κ1) is 20.6. The van der Waals surface area contributed by atoms with Crippen LogP contribution in [0.4, 0.5) is 4.39 Å². The Balaban J connectivity index is 0.00000243. The smallest absolute Gasteiger partial charge is 0.191 e. The summed E-state index contributed by atoms with van der Waals surface area (Å²) in [5, 5.41) is 16.2. The first-order chi connectivity index (χ1) is 12.2. The van der Waals surface area contributed by atoms with Gasteiger partial charge in [-0.15, -0.1) is 24.0 Å². The lowest BCUT2D eigenvalue weighted by molar-refractivity contribution is 0.265. The first-order valence-electron chi connectivity index (χ1n) is 8.60. The van der Waals surface area contributed by atoms with Crippen LogP contribution in [-0.4, -0.2) is 37.3 Å².